The molecule has 4 nitrogen and oxygen atoms in total. The van der Waals surface area contributed by atoms with Crippen molar-refractivity contribution in [2.75, 3.05) is 39.6 Å². The Labute approximate surface area is 115 Å². The summed E-state index contributed by atoms with van der Waals surface area (Å²) in [7, 11) is 3.75. The van der Waals surface area contributed by atoms with Gasteiger partial charge in [-0.2, -0.15) is 0 Å². The molecule has 1 fully saturated rings. The highest BCUT2D eigenvalue weighted by Gasteiger charge is 2.20. The molecule has 0 amide bonds. The summed E-state index contributed by atoms with van der Waals surface area (Å²) < 4.78 is 10.9. The number of anilines is 1. The third-order valence-corrected chi connectivity index (χ3v) is 3.34. The SMILES string of the molecule is COc1cc(N)cc(CN(C)CCOCC2CC2)c1. The van der Waals surface area contributed by atoms with Crippen LogP contribution in [0.15, 0.2) is 18.2 Å². The van der Waals surface area contributed by atoms with E-state index in [-0.39, 0.29) is 0 Å². The van der Waals surface area contributed by atoms with Crippen molar-refractivity contribution in [2.24, 2.45) is 5.92 Å². The van der Waals surface area contributed by atoms with Gasteiger partial charge in [0.1, 0.15) is 5.75 Å². The van der Waals surface area contributed by atoms with Gasteiger partial charge in [-0.25, -0.2) is 0 Å². The first-order valence-corrected chi connectivity index (χ1v) is 6.87. The molecule has 0 atom stereocenters. The Kier molecular flexibility index (Phi) is 5.05. The van der Waals surface area contributed by atoms with E-state index in [9.17, 15) is 0 Å². The lowest BCUT2D eigenvalue weighted by Gasteiger charge is -2.17. The lowest BCUT2D eigenvalue weighted by molar-refractivity contribution is 0.102. The normalized spacial score (nSPS) is 14.9. The molecule has 0 heterocycles. The van der Waals surface area contributed by atoms with Crippen molar-refractivity contribution in [3.8, 4) is 5.75 Å². The van der Waals surface area contributed by atoms with Gasteiger partial charge < -0.3 is 15.2 Å². The number of hydrogen-bond donors (Lipinski definition) is 1. The fraction of sp³-hybridized carbons (Fsp3) is 0.600. The highest BCUT2D eigenvalue weighted by molar-refractivity contribution is 5.47. The summed E-state index contributed by atoms with van der Waals surface area (Å²) in [4.78, 5) is 2.24. The largest absolute Gasteiger partial charge is 0.497 e. The summed E-state index contributed by atoms with van der Waals surface area (Å²) in [6.07, 6.45) is 2.69. The molecule has 1 aromatic rings. The topological polar surface area (TPSA) is 47.7 Å². The average molecular weight is 264 g/mol. The van der Waals surface area contributed by atoms with E-state index in [0.29, 0.717) is 0 Å². The molecule has 4 heteroatoms. The van der Waals surface area contributed by atoms with E-state index in [1.165, 1.54) is 18.4 Å². The van der Waals surface area contributed by atoms with E-state index < -0.39 is 0 Å². The first kappa shape index (κ1) is 14.2. The molecule has 0 unspecified atom stereocenters. The van der Waals surface area contributed by atoms with Gasteiger partial charge in [0.05, 0.1) is 13.7 Å². The Morgan fingerprint density at radius 1 is 1.32 bits per heavy atom. The van der Waals surface area contributed by atoms with Gasteiger partial charge in [0, 0.05) is 31.5 Å². The summed E-state index contributed by atoms with van der Waals surface area (Å²) in [6, 6.07) is 5.85. The lowest BCUT2D eigenvalue weighted by Crippen LogP contribution is -2.23. The second-order valence-electron chi connectivity index (χ2n) is 5.37. The molecule has 1 aliphatic carbocycles. The fourth-order valence-electron chi connectivity index (χ4n) is 2.04. The van der Waals surface area contributed by atoms with Crippen LogP contribution in [0.5, 0.6) is 5.75 Å². The molecule has 1 aromatic carbocycles. The van der Waals surface area contributed by atoms with E-state index in [2.05, 4.69) is 11.9 Å². The van der Waals surface area contributed by atoms with Gasteiger partial charge >= 0.3 is 0 Å². The first-order chi connectivity index (χ1) is 9.17. The number of nitrogens with zero attached hydrogens (tertiary/aromatic N) is 1. The van der Waals surface area contributed by atoms with Crippen LogP contribution in [-0.4, -0.2) is 38.8 Å². The molecule has 0 saturated heterocycles. The maximum Gasteiger partial charge on any atom is 0.121 e. The number of methoxy groups -OCH3 is 1. The quantitative estimate of drug-likeness (QED) is 0.577. The molecule has 2 N–H and O–H groups in total. The van der Waals surface area contributed by atoms with Crippen LogP contribution in [0, 0.1) is 5.92 Å². The van der Waals surface area contributed by atoms with Crippen LogP contribution in [-0.2, 0) is 11.3 Å². The minimum absolute atomic E-state index is 0.743. The zero-order valence-corrected chi connectivity index (χ0v) is 11.9. The van der Waals surface area contributed by atoms with Crippen molar-refractivity contribution in [1.29, 1.82) is 0 Å². The molecule has 0 spiro atoms. The maximum atomic E-state index is 5.85. The predicted octanol–water partition coefficient (Wildman–Crippen LogP) is 2.14. The second kappa shape index (κ2) is 6.78. The van der Waals surface area contributed by atoms with Crippen LogP contribution >= 0.6 is 0 Å². The summed E-state index contributed by atoms with van der Waals surface area (Å²) in [5, 5.41) is 0. The monoisotopic (exact) mass is 264 g/mol. The molecule has 0 aromatic heterocycles. The van der Waals surface area contributed by atoms with Crippen LogP contribution < -0.4 is 10.5 Å². The summed E-state index contributed by atoms with van der Waals surface area (Å²) in [5.41, 5.74) is 7.76. The maximum absolute atomic E-state index is 5.85. The number of ether oxygens (including phenoxy) is 2. The van der Waals surface area contributed by atoms with Gasteiger partial charge in [-0.15, -0.1) is 0 Å². The van der Waals surface area contributed by atoms with Gasteiger partial charge in [0.15, 0.2) is 0 Å². The predicted molar refractivity (Wildman–Crippen MR) is 77.3 cm³/mol. The van der Waals surface area contributed by atoms with Crippen molar-refractivity contribution in [1.82, 2.24) is 4.90 Å². The van der Waals surface area contributed by atoms with E-state index >= 15 is 0 Å². The van der Waals surface area contributed by atoms with Crippen molar-refractivity contribution >= 4 is 5.69 Å². The van der Waals surface area contributed by atoms with Gasteiger partial charge in [-0.3, -0.25) is 4.90 Å². The molecular weight excluding hydrogens is 240 g/mol. The Morgan fingerprint density at radius 3 is 2.79 bits per heavy atom. The number of rotatable bonds is 8. The third kappa shape index (κ3) is 5.09. The van der Waals surface area contributed by atoms with E-state index in [1.54, 1.807) is 7.11 Å². The van der Waals surface area contributed by atoms with Crippen LogP contribution in [0.2, 0.25) is 0 Å². The number of benzene rings is 1. The Morgan fingerprint density at radius 2 is 2.11 bits per heavy atom. The molecule has 106 valence electrons. The summed E-state index contributed by atoms with van der Waals surface area (Å²) in [5.74, 6) is 1.65. The zero-order chi connectivity index (χ0) is 13.7. The molecule has 0 radical (unpaired) electrons. The van der Waals surface area contributed by atoms with E-state index in [4.69, 9.17) is 15.2 Å². The Hall–Kier alpha value is -1.26. The van der Waals surface area contributed by atoms with Crippen molar-refractivity contribution in [2.45, 2.75) is 19.4 Å². The zero-order valence-electron chi connectivity index (χ0n) is 11.9. The first-order valence-electron chi connectivity index (χ1n) is 6.87. The van der Waals surface area contributed by atoms with Gasteiger partial charge in [0.25, 0.3) is 0 Å². The molecule has 1 saturated carbocycles. The fourth-order valence-corrected chi connectivity index (χ4v) is 2.04. The number of hydrogen-bond acceptors (Lipinski definition) is 4. The van der Waals surface area contributed by atoms with Crippen LogP contribution in [0.4, 0.5) is 5.69 Å². The smallest absolute Gasteiger partial charge is 0.121 e. The molecular formula is C15H24N2O2. The van der Waals surface area contributed by atoms with Crippen LogP contribution in [0.3, 0.4) is 0 Å². The van der Waals surface area contributed by atoms with Crippen LogP contribution in [0.25, 0.3) is 0 Å². The van der Waals surface area contributed by atoms with Crippen molar-refractivity contribution in [3.63, 3.8) is 0 Å². The number of likely N-dealkylation sites (N-methyl/N-ethyl adjacent to an activating group) is 1. The van der Waals surface area contributed by atoms with E-state index in [0.717, 1.165) is 43.7 Å². The Balaban J connectivity index is 1.73. The van der Waals surface area contributed by atoms with Gasteiger partial charge in [-0.05, 0) is 43.5 Å². The summed E-state index contributed by atoms with van der Waals surface area (Å²) in [6.45, 7) is 3.52. The number of nitrogens with two attached hydrogens (primary N) is 1. The molecule has 1 aliphatic rings. The summed E-state index contributed by atoms with van der Waals surface area (Å²) >= 11 is 0. The van der Waals surface area contributed by atoms with Crippen molar-refractivity contribution < 1.29 is 9.47 Å². The van der Waals surface area contributed by atoms with Crippen LogP contribution in [0.1, 0.15) is 18.4 Å². The number of nitrogen functional groups attached to an aromatic ring is 1. The van der Waals surface area contributed by atoms with Gasteiger partial charge in [0.2, 0.25) is 0 Å². The van der Waals surface area contributed by atoms with Gasteiger partial charge in [-0.1, -0.05) is 0 Å². The molecule has 0 aliphatic heterocycles. The lowest BCUT2D eigenvalue weighted by atomic mass is 10.2. The molecule has 19 heavy (non-hydrogen) atoms. The minimum atomic E-state index is 0.743. The molecule has 2 rings (SSSR count). The highest BCUT2D eigenvalue weighted by atomic mass is 16.5. The molecule has 0 bridgehead atoms. The third-order valence-electron chi connectivity index (χ3n) is 3.34. The van der Waals surface area contributed by atoms with Crippen molar-refractivity contribution in [3.05, 3.63) is 23.8 Å². The van der Waals surface area contributed by atoms with E-state index in [1.807, 2.05) is 18.2 Å². The highest BCUT2D eigenvalue weighted by Crippen LogP contribution is 2.28. The second-order valence-corrected chi connectivity index (χ2v) is 5.37. The Bertz CT molecular complexity index is 405. The average Bonchev–Trinajstić information content (AvgIpc) is 3.18. The minimum Gasteiger partial charge on any atom is -0.497 e. The standard InChI is InChI=1S/C15H24N2O2/c1-17(5-6-19-11-12-3-4-12)10-13-7-14(16)9-15(8-13)18-2/h7-9,12H,3-6,10-11,16H2,1-2H3.